The summed E-state index contributed by atoms with van der Waals surface area (Å²) in [6.45, 7) is 2.22. The molecule has 0 aliphatic heterocycles. The van der Waals surface area contributed by atoms with Gasteiger partial charge in [-0.25, -0.2) is 4.98 Å². The summed E-state index contributed by atoms with van der Waals surface area (Å²) in [5, 5.41) is 3.25. The molecule has 24 heavy (non-hydrogen) atoms. The van der Waals surface area contributed by atoms with Crippen molar-refractivity contribution in [2.24, 2.45) is 0 Å². The van der Waals surface area contributed by atoms with Gasteiger partial charge in [-0.05, 0) is 52.9 Å². The minimum atomic E-state index is 0.442. The molecule has 0 amide bonds. The zero-order valence-electron chi connectivity index (χ0n) is 13.6. The van der Waals surface area contributed by atoms with Gasteiger partial charge in [0, 0.05) is 11.4 Å². The van der Waals surface area contributed by atoms with E-state index in [1.165, 1.54) is 16.3 Å². The van der Waals surface area contributed by atoms with Crippen LogP contribution in [0.4, 0.5) is 0 Å². The summed E-state index contributed by atoms with van der Waals surface area (Å²) < 4.78 is 0. The van der Waals surface area contributed by atoms with E-state index in [2.05, 4.69) is 60.4 Å². The van der Waals surface area contributed by atoms with Gasteiger partial charge >= 0.3 is 0 Å². The third-order valence-corrected chi connectivity index (χ3v) is 4.92. The number of imidazole rings is 1. The van der Waals surface area contributed by atoms with E-state index in [0.717, 1.165) is 34.7 Å². The molecular weight excluding hydrogens is 316 g/mol. The molecule has 4 aromatic rings. The molecule has 0 fully saturated rings. The summed E-state index contributed by atoms with van der Waals surface area (Å²) >= 11 is 6.01. The Hall–Kier alpha value is -2.32. The molecule has 0 aliphatic rings. The van der Waals surface area contributed by atoms with Gasteiger partial charge in [-0.1, -0.05) is 54.9 Å². The van der Waals surface area contributed by atoms with Crippen molar-refractivity contribution < 1.29 is 0 Å². The SMILES string of the molecule is CCC(Cc1nc2cc3ccccc3cc2[nH]1)c1ccc(Cl)cc1. The summed E-state index contributed by atoms with van der Waals surface area (Å²) in [4.78, 5) is 8.31. The number of nitrogens with one attached hydrogen (secondary N) is 1. The van der Waals surface area contributed by atoms with Gasteiger partial charge in [-0.15, -0.1) is 0 Å². The van der Waals surface area contributed by atoms with Crippen molar-refractivity contribution in [3.63, 3.8) is 0 Å². The number of H-pyrrole nitrogens is 1. The Bertz CT molecular complexity index is 933. The second kappa shape index (κ2) is 6.29. The van der Waals surface area contributed by atoms with Crippen molar-refractivity contribution in [3.8, 4) is 0 Å². The summed E-state index contributed by atoms with van der Waals surface area (Å²) in [6.07, 6.45) is 1.98. The second-order valence-corrected chi connectivity index (χ2v) is 6.70. The van der Waals surface area contributed by atoms with Crippen molar-refractivity contribution in [2.45, 2.75) is 25.7 Å². The Morgan fingerprint density at radius 1 is 1.00 bits per heavy atom. The molecule has 2 nitrogen and oxygen atoms in total. The third kappa shape index (κ3) is 2.90. The highest BCUT2D eigenvalue weighted by molar-refractivity contribution is 6.30. The molecule has 0 radical (unpaired) electrons. The number of hydrogen-bond donors (Lipinski definition) is 1. The molecule has 120 valence electrons. The van der Waals surface area contributed by atoms with Crippen LogP contribution in [0.5, 0.6) is 0 Å². The first kappa shape index (κ1) is 15.2. The fourth-order valence-electron chi connectivity index (χ4n) is 3.31. The summed E-state index contributed by atoms with van der Waals surface area (Å²) in [5.74, 6) is 1.49. The number of hydrogen-bond acceptors (Lipinski definition) is 1. The number of aromatic amines is 1. The zero-order valence-corrected chi connectivity index (χ0v) is 14.3. The Kier molecular flexibility index (Phi) is 3.99. The predicted octanol–water partition coefficient (Wildman–Crippen LogP) is 6.11. The maximum atomic E-state index is 6.01. The number of benzene rings is 3. The number of halogens is 1. The van der Waals surface area contributed by atoms with Crippen LogP contribution in [0.25, 0.3) is 21.8 Å². The van der Waals surface area contributed by atoms with E-state index < -0.39 is 0 Å². The summed E-state index contributed by atoms with van der Waals surface area (Å²) in [6, 6.07) is 20.9. The first-order valence-electron chi connectivity index (χ1n) is 8.36. The number of rotatable bonds is 4. The topological polar surface area (TPSA) is 28.7 Å². The van der Waals surface area contributed by atoms with Crippen LogP contribution in [0.3, 0.4) is 0 Å². The molecule has 3 heteroatoms. The minimum absolute atomic E-state index is 0.442. The highest BCUT2D eigenvalue weighted by Crippen LogP contribution is 2.27. The highest BCUT2D eigenvalue weighted by atomic mass is 35.5. The molecule has 1 heterocycles. The minimum Gasteiger partial charge on any atom is -0.342 e. The maximum Gasteiger partial charge on any atom is 0.107 e. The van der Waals surface area contributed by atoms with Crippen molar-refractivity contribution in [3.05, 3.63) is 77.1 Å². The average molecular weight is 335 g/mol. The van der Waals surface area contributed by atoms with Crippen molar-refractivity contribution in [1.29, 1.82) is 0 Å². The maximum absolute atomic E-state index is 6.01. The van der Waals surface area contributed by atoms with Gasteiger partial charge in [0.1, 0.15) is 5.82 Å². The molecule has 0 saturated carbocycles. The summed E-state index contributed by atoms with van der Waals surface area (Å²) in [5.41, 5.74) is 3.46. The second-order valence-electron chi connectivity index (χ2n) is 6.26. The van der Waals surface area contributed by atoms with Gasteiger partial charge < -0.3 is 4.98 Å². The first-order chi connectivity index (χ1) is 11.7. The number of aromatic nitrogens is 2. The Labute approximate surface area is 146 Å². The van der Waals surface area contributed by atoms with Gasteiger partial charge in [0.15, 0.2) is 0 Å². The molecule has 0 aliphatic carbocycles. The molecule has 3 aromatic carbocycles. The van der Waals surface area contributed by atoms with E-state index in [0.29, 0.717) is 5.92 Å². The fourth-order valence-corrected chi connectivity index (χ4v) is 3.44. The lowest BCUT2D eigenvalue weighted by Crippen LogP contribution is -2.03. The lowest BCUT2D eigenvalue weighted by Gasteiger charge is -2.13. The third-order valence-electron chi connectivity index (χ3n) is 4.67. The van der Waals surface area contributed by atoms with E-state index >= 15 is 0 Å². The lowest BCUT2D eigenvalue weighted by atomic mass is 9.93. The van der Waals surface area contributed by atoms with Gasteiger partial charge in [0.25, 0.3) is 0 Å². The summed E-state index contributed by atoms with van der Waals surface area (Å²) in [7, 11) is 0. The smallest absolute Gasteiger partial charge is 0.107 e. The quantitative estimate of drug-likeness (QED) is 0.479. The molecule has 1 aromatic heterocycles. The molecule has 4 rings (SSSR count). The van der Waals surface area contributed by atoms with E-state index in [1.54, 1.807) is 0 Å². The lowest BCUT2D eigenvalue weighted by molar-refractivity contribution is 0.642. The predicted molar refractivity (Wildman–Crippen MR) is 102 cm³/mol. The molecule has 0 bridgehead atoms. The van der Waals surface area contributed by atoms with Crippen molar-refractivity contribution in [1.82, 2.24) is 9.97 Å². The van der Waals surface area contributed by atoms with Crippen molar-refractivity contribution in [2.75, 3.05) is 0 Å². The average Bonchev–Trinajstić information content (AvgIpc) is 2.99. The van der Waals surface area contributed by atoms with E-state index in [-0.39, 0.29) is 0 Å². The standard InChI is InChI=1S/C21H19ClN2/c1-2-14(15-7-9-18(22)10-8-15)13-21-23-19-11-16-5-3-4-6-17(16)12-20(19)24-21/h3-12,14H,2,13H2,1H3,(H,23,24). The van der Waals surface area contributed by atoms with Gasteiger partial charge in [0.2, 0.25) is 0 Å². The number of fused-ring (bicyclic) bond motifs is 2. The first-order valence-corrected chi connectivity index (χ1v) is 8.73. The van der Waals surface area contributed by atoms with Crippen LogP contribution in [0.2, 0.25) is 5.02 Å². The molecule has 1 atom stereocenters. The van der Waals surface area contributed by atoms with Crippen LogP contribution >= 0.6 is 11.6 Å². The monoisotopic (exact) mass is 334 g/mol. The zero-order chi connectivity index (χ0) is 16.5. The molecular formula is C21H19ClN2. The largest absolute Gasteiger partial charge is 0.342 e. The van der Waals surface area contributed by atoms with Crippen LogP contribution in [-0.4, -0.2) is 9.97 Å². The van der Waals surface area contributed by atoms with Gasteiger partial charge in [-0.3, -0.25) is 0 Å². The van der Waals surface area contributed by atoms with Crippen LogP contribution in [0.15, 0.2) is 60.7 Å². The van der Waals surface area contributed by atoms with Crippen LogP contribution in [0, 0.1) is 0 Å². The highest BCUT2D eigenvalue weighted by Gasteiger charge is 2.13. The van der Waals surface area contributed by atoms with Crippen molar-refractivity contribution >= 4 is 33.4 Å². The van der Waals surface area contributed by atoms with Gasteiger partial charge in [0.05, 0.1) is 11.0 Å². The van der Waals surface area contributed by atoms with Crippen LogP contribution in [-0.2, 0) is 6.42 Å². The Morgan fingerprint density at radius 2 is 1.71 bits per heavy atom. The molecule has 0 spiro atoms. The van der Waals surface area contributed by atoms with E-state index in [9.17, 15) is 0 Å². The number of nitrogens with zero attached hydrogens (tertiary/aromatic N) is 1. The molecule has 1 unspecified atom stereocenters. The van der Waals surface area contributed by atoms with Crippen LogP contribution < -0.4 is 0 Å². The van der Waals surface area contributed by atoms with E-state index in [1.807, 2.05) is 12.1 Å². The van der Waals surface area contributed by atoms with Gasteiger partial charge in [-0.2, -0.15) is 0 Å². The van der Waals surface area contributed by atoms with Crippen LogP contribution in [0.1, 0.15) is 30.7 Å². The molecule has 0 saturated heterocycles. The normalized spacial score (nSPS) is 12.8. The molecule has 1 N–H and O–H groups in total. The Balaban J connectivity index is 1.67. The Morgan fingerprint density at radius 3 is 2.42 bits per heavy atom. The fraction of sp³-hybridized carbons (Fsp3) is 0.190. The van der Waals surface area contributed by atoms with E-state index in [4.69, 9.17) is 16.6 Å².